The highest BCUT2D eigenvalue weighted by molar-refractivity contribution is 5.76. The summed E-state index contributed by atoms with van der Waals surface area (Å²) >= 11 is 0. The number of carbonyl (C=O) groups excluding carboxylic acids is 1. The van der Waals surface area contributed by atoms with Crippen LogP contribution in [0.4, 0.5) is 0 Å². The van der Waals surface area contributed by atoms with Crippen LogP contribution >= 0.6 is 0 Å². The summed E-state index contributed by atoms with van der Waals surface area (Å²) in [6.07, 6.45) is 5.86. The Morgan fingerprint density at radius 3 is 2.64 bits per heavy atom. The summed E-state index contributed by atoms with van der Waals surface area (Å²) in [5.74, 6) is 1.84. The molecule has 2 saturated heterocycles. The minimum Gasteiger partial charge on any atom is -0.490 e. The van der Waals surface area contributed by atoms with E-state index in [1.807, 2.05) is 36.1 Å². The van der Waals surface area contributed by atoms with E-state index in [1.165, 1.54) is 0 Å². The molecular weight excluding hydrogens is 318 g/mol. The first-order valence-corrected chi connectivity index (χ1v) is 9.54. The van der Waals surface area contributed by atoms with Gasteiger partial charge in [-0.05, 0) is 38.3 Å². The van der Waals surface area contributed by atoms with Gasteiger partial charge in [-0.15, -0.1) is 0 Å². The zero-order valence-electron chi connectivity index (χ0n) is 15.1. The van der Waals surface area contributed by atoms with Crippen molar-refractivity contribution in [2.24, 2.45) is 0 Å². The first kappa shape index (κ1) is 18.1. The Kier molecular flexibility index (Phi) is 6.56. The number of amides is 1. The second kappa shape index (κ2) is 9.09. The van der Waals surface area contributed by atoms with Gasteiger partial charge in [-0.1, -0.05) is 12.1 Å². The number of hydrogen-bond acceptors (Lipinski definition) is 4. The predicted molar refractivity (Wildman–Crippen MR) is 96.0 cm³/mol. The monoisotopic (exact) mass is 347 g/mol. The van der Waals surface area contributed by atoms with Crippen LogP contribution in [0, 0.1) is 0 Å². The Bertz CT molecular complexity index is 548. The molecule has 0 bridgehead atoms. The molecule has 25 heavy (non-hydrogen) atoms. The van der Waals surface area contributed by atoms with E-state index in [9.17, 15) is 4.79 Å². The summed E-state index contributed by atoms with van der Waals surface area (Å²) in [7, 11) is 0. The number of carbonyl (C=O) groups is 1. The number of para-hydroxylation sites is 2. The van der Waals surface area contributed by atoms with Gasteiger partial charge < -0.3 is 19.1 Å². The minimum absolute atomic E-state index is 0.142. The molecule has 1 amide bonds. The van der Waals surface area contributed by atoms with Gasteiger partial charge >= 0.3 is 0 Å². The number of ether oxygens (including phenoxy) is 3. The summed E-state index contributed by atoms with van der Waals surface area (Å²) in [6.45, 7) is 4.98. The van der Waals surface area contributed by atoms with Crippen molar-refractivity contribution in [3.05, 3.63) is 24.3 Å². The molecule has 5 heteroatoms. The lowest BCUT2D eigenvalue weighted by Gasteiger charge is -2.32. The molecule has 1 unspecified atom stereocenters. The SMILES string of the molecule is CCOc1ccccc1OC1CCN(C(=O)CCC2CCCO2)CC1. The third-order valence-electron chi connectivity index (χ3n) is 4.94. The van der Waals surface area contributed by atoms with Crippen LogP contribution in [-0.2, 0) is 9.53 Å². The van der Waals surface area contributed by atoms with E-state index in [0.29, 0.717) is 19.1 Å². The summed E-state index contributed by atoms with van der Waals surface area (Å²) in [6, 6.07) is 7.79. The molecule has 0 spiro atoms. The zero-order valence-corrected chi connectivity index (χ0v) is 15.1. The van der Waals surface area contributed by atoms with E-state index in [0.717, 1.165) is 63.3 Å². The highest BCUT2D eigenvalue weighted by atomic mass is 16.5. The Morgan fingerprint density at radius 2 is 1.96 bits per heavy atom. The number of hydrogen-bond donors (Lipinski definition) is 0. The number of piperidine rings is 1. The number of rotatable bonds is 7. The molecule has 2 heterocycles. The van der Waals surface area contributed by atoms with Crippen LogP contribution in [0.25, 0.3) is 0 Å². The quantitative estimate of drug-likeness (QED) is 0.758. The number of likely N-dealkylation sites (tertiary alicyclic amines) is 1. The number of benzene rings is 1. The van der Waals surface area contributed by atoms with E-state index >= 15 is 0 Å². The Hall–Kier alpha value is -1.75. The molecule has 1 atom stereocenters. The van der Waals surface area contributed by atoms with Crippen LogP contribution in [-0.4, -0.2) is 49.3 Å². The first-order valence-electron chi connectivity index (χ1n) is 9.54. The topological polar surface area (TPSA) is 48.0 Å². The van der Waals surface area contributed by atoms with Gasteiger partial charge in [-0.3, -0.25) is 4.79 Å². The maximum Gasteiger partial charge on any atom is 0.222 e. The molecule has 138 valence electrons. The van der Waals surface area contributed by atoms with Crippen molar-refractivity contribution in [1.82, 2.24) is 4.90 Å². The lowest BCUT2D eigenvalue weighted by Crippen LogP contribution is -2.42. The molecule has 5 nitrogen and oxygen atoms in total. The summed E-state index contributed by atoms with van der Waals surface area (Å²) in [5, 5.41) is 0. The van der Waals surface area contributed by atoms with Crippen molar-refractivity contribution in [1.29, 1.82) is 0 Å². The average Bonchev–Trinajstić information content (AvgIpc) is 3.16. The van der Waals surface area contributed by atoms with Crippen molar-refractivity contribution >= 4 is 5.91 Å². The van der Waals surface area contributed by atoms with Gasteiger partial charge in [0.15, 0.2) is 11.5 Å². The van der Waals surface area contributed by atoms with Crippen molar-refractivity contribution in [2.45, 2.75) is 57.7 Å². The molecule has 0 radical (unpaired) electrons. The van der Waals surface area contributed by atoms with E-state index in [1.54, 1.807) is 0 Å². The van der Waals surface area contributed by atoms with E-state index in [4.69, 9.17) is 14.2 Å². The lowest BCUT2D eigenvalue weighted by molar-refractivity contribution is -0.133. The molecule has 0 saturated carbocycles. The lowest BCUT2D eigenvalue weighted by atomic mass is 10.1. The fraction of sp³-hybridized carbons (Fsp3) is 0.650. The molecule has 2 fully saturated rings. The molecule has 1 aromatic carbocycles. The van der Waals surface area contributed by atoms with Crippen LogP contribution < -0.4 is 9.47 Å². The van der Waals surface area contributed by atoms with Gasteiger partial charge in [0.05, 0.1) is 12.7 Å². The van der Waals surface area contributed by atoms with E-state index in [-0.39, 0.29) is 12.0 Å². The van der Waals surface area contributed by atoms with Crippen LogP contribution in [0.3, 0.4) is 0 Å². The van der Waals surface area contributed by atoms with Gasteiger partial charge in [0, 0.05) is 39.0 Å². The molecule has 3 rings (SSSR count). The second-order valence-corrected chi connectivity index (χ2v) is 6.75. The van der Waals surface area contributed by atoms with Crippen LogP contribution in [0.2, 0.25) is 0 Å². The van der Waals surface area contributed by atoms with Crippen LogP contribution in [0.15, 0.2) is 24.3 Å². The van der Waals surface area contributed by atoms with Gasteiger partial charge in [0.2, 0.25) is 5.91 Å². The molecule has 2 aliphatic heterocycles. The highest BCUT2D eigenvalue weighted by Crippen LogP contribution is 2.29. The fourth-order valence-electron chi connectivity index (χ4n) is 3.54. The summed E-state index contributed by atoms with van der Waals surface area (Å²) in [5.41, 5.74) is 0. The normalized spacial score (nSPS) is 21.3. The molecular formula is C20H29NO4. The maximum absolute atomic E-state index is 12.4. The zero-order chi connectivity index (χ0) is 17.5. The van der Waals surface area contributed by atoms with Gasteiger partial charge in [-0.2, -0.15) is 0 Å². The van der Waals surface area contributed by atoms with Crippen molar-refractivity contribution in [3.63, 3.8) is 0 Å². The Morgan fingerprint density at radius 1 is 1.20 bits per heavy atom. The van der Waals surface area contributed by atoms with Crippen molar-refractivity contribution < 1.29 is 19.0 Å². The van der Waals surface area contributed by atoms with Gasteiger partial charge in [-0.25, -0.2) is 0 Å². The fourth-order valence-corrected chi connectivity index (χ4v) is 3.54. The first-order chi connectivity index (χ1) is 12.3. The van der Waals surface area contributed by atoms with Gasteiger partial charge in [0.25, 0.3) is 0 Å². The second-order valence-electron chi connectivity index (χ2n) is 6.75. The summed E-state index contributed by atoms with van der Waals surface area (Å²) < 4.78 is 17.3. The standard InChI is InChI=1S/C20H29NO4/c1-2-23-18-7-3-4-8-19(18)25-17-11-13-21(14-12-17)20(22)10-9-16-6-5-15-24-16/h3-4,7-8,16-17H,2,5-6,9-15H2,1H3. The van der Waals surface area contributed by atoms with Crippen molar-refractivity contribution in [3.8, 4) is 11.5 Å². The van der Waals surface area contributed by atoms with Gasteiger partial charge in [0.1, 0.15) is 6.10 Å². The average molecular weight is 347 g/mol. The maximum atomic E-state index is 12.4. The Balaban J connectivity index is 1.43. The number of nitrogens with zero attached hydrogens (tertiary/aromatic N) is 1. The minimum atomic E-state index is 0.142. The smallest absolute Gasteiger partial charge is 0.222 e. The Labute approximate surface area is 150 Å². The highest BCUT2D eigenvalue weighted by Gasteiger charge is 2.25. The molecule has 0 aromatic heterocycles. The predicted octanol–water partition coefficient (Wildman–Crippen LogP) is 3.41. The molecule has 2 aliphatic rings. The van der Waals surface area contributed by atoms with E-state index in [2.05, 4.69) is 0 Å². The van der Waals surface area contributed by atoms with Crippen molar-refractivity contribution in [2.75, 3.05) is 26.3 Å². The van der Waals surface area contributed by atoms with E-state index < -0.39 is 0 Å². The summed E-state index contributed by atoms with van der Waals surface area (Å²) in [4.78, 5) is 14.3. The molecule has 0 N–H and O–H groups in total. The van der Waals surface area contributed by atoms with Crippen LogP contribution in [0.5, 0.6) is 11.5 Å². The molecule has 1 aromatic rings. The van der Waals surface area contributed by atoms with Crippen LogP contribution in [0.1, 0.15) is 45.4 Å². The third-order valence-corrected chi connectivity index (χ3v) is 4.94. The largest absolute Gasteiger partial charge is 0.490 e. The third kappa shape index (κ3) is 5.11. The molecule has 0 aliphatic carbocycles.